The fourth-order valence-electron chi connectivity index (χ4n) is 3.00. The molecule has 0 N–H and O–H groups in total. The average Bonchev–Trinajstić information content (AvgIpc) is 2.83. The van der Waals surface area contributed by atoms with Crippen molar-refractivity contribution in [2.24, 2.45) is 5.92 Å². The first kappa shape index (κ1) is 15.8. The van der Waals surface area contributed by atoms with Gasteiger partial charge in [0.15, 0.2) is 11.6 Å². The molecule has 5 nitrogen and oxygen atoms in total. The topological polar surface area (TPSA) is 55.8 Å². The Morgan fingerprint density at radius 3 is 2.57 bits per heavy atom. The fourth-order valence-corrected chi connectivity index (χ4v) is 3.00. The van der Waals surface area contributed by atoms with Crippen molar-refractivity contribution < 1.29 is 32.2 Å². The normalized spacial score (nSPS) is 24.3. The minimum Gasteiger partial charge on any atom is -0.399 e. The van der Waals surface area contributed by atoms with E-state index in [1.54, 1.807) is 0 Å². The molecule has 8 heteroatoms. The van der Waals surface area contributed by atoms with E-state index in [9.17, 15) is 22.8 Å². The highest BCUT2D eigenvalue weighted by Crippen LogP contribution is 2.50. The molecule has 2 aliphatic rings. The maximum absolute atomic E-state index is 14.8. The second kappa shape index (κ2) is 5.52. The van der Waals surface area contributed by atoms with Gasteiger partial charge in [-0.3, -0.25) is 0 Å². The van der Waals surface area contributed by atoms with Crippen molar-refractivity contribution in [3.63, 3.8) is 0 Å². The summed E-state index contributed by atoms with van der Waals surface area (Å²) in [6.07, 6.45) is -1.34. The minimum atomic E-state index is -1.99. The lowest BCUT2D eigenvalue weighted by atomic mass is 9.84. The molecule has 2 atom stereocenters. The highest BCUT2D eigenvalue weighted by Gasteiger charge is 2.68. The monoisotopic (exact) mass is 329 g/mol. The highest BCUT2D eigenvalue weighted by molar-refractivity contribution is 6.31. The number of rotatable bonds is 4. The molecule has 1 spiro atoms. The number of alkyl halides is 1. The Morgan fingerprint density at radius 2 is 1.96 bits per heavy atom. The summed E-state index contributed by atoms with van der Waals surface area (Å²) in [7, 11) is 0. The van der Waals surface area contributed by atoms with Gasteiger partial charge in [0.25, 0.3) is 0 Å². The molecule has 3 rings (SSSR count). The standard InChI is InChI=1S/C15H14F3NO4/c1-2-6-19-7-9(15(19)22-13(20)14(21)23-15)11(17)8-4-3-5-10(16)12(8)18/h3-5,9,11H,2,6-7H2,1H3. The van der Waals surface area contributed by atoms with Crippen molar-refractivity contribution >= 4 is 11.9 Å². The number of likely N-dealkylation sites (tertiary alicyclic amines) is 1. The molecule has 2 unspecified atom stereocenters. The number of nitrogens with zero attached hydrogens (tertiary/aromatic N) is 1. The van der Waals surface area contributed by atoms with Gasteiger partial charge in [-0.2, -0.15) is 0 Å². The van der Waals surface area contributed by atoms with E-state index in [4.69, 9.17) is 9.47 Å². The maximum Gasteiger partial charge on any atom is 0.421 e. The van der Waals surface area contributed by atoms with Crippen molar-refractivity contribution in [3.8, 4) is 0 Å². The second-order valence-corrected chi connectivity index (χ2v) is 5.51. The van der Waals surface area contributed by atoms with Crippen LogP contribution < -0.4 is 0 Å². The largest absolute Gasteiger partial charge is 0.421 e. The second-order valence-electron chi connectivity index (χ2n) is 5.51. The van der Waals surface area contributed by atoms with Gasteiger partial charge in [0.1, 0.15) is 12.1 Å². The summed E-state index contributed by atoms with van der Waals surface area (Å²) in [5.41, 5.74) is -0.496. The van der Waals surface area contributed by atoms with Crippen LogP contribution in [-0.4, -0.2) is 35.8 Å². The van der Waals surface area contributed by atoms with E-state index in [2.05, 4.69) is 0 Å². The lowest BCUT2D eigenvalue weighted by Crippen LogP contribution is -2.69. The lowest BCUT2D eigenvalue weighted by molar-refractivity contribution is -0.347. The molecule has 2 heterocycles. The predicted octanol–water partition coefficient (Wildman–Crippen LogP) is 2.07. The van der Waals surface area contributed by atoms with E-state index < -0.39 is 47.1 Å². The molecule has 2 fully saturated rings. The van der Waals surface area contributed by atoms with Crippen molar-refractivity contribution in [3.05, 3.63) is 35.4 Å². The Labute approximate surface area is 130 Å². The van der Waals surface area contributed by atoms with Gasteiger partial charge in [0, 0.05) is 18.7 Å². The SMILES string of the molecule is CCCN1CC(C(F)c2cccc(F)c2F)C12OC(=O)C(=O)O2. The molecule has 23 heavy (non-hydrogen) atoms. The zero-order valence-electron chi connectivity index (χ0n) is 12.2. The smallest absolute Gasteiger partial charge is 0.399 e. The van der Waals surface area contributed by atoms with Crippen LogP contribution in [0.4, 0.5) is 13.2 Å². The Balaban J connectivity index is 1.91. The number of carbonyl (C=O) groups excluding carboxylic acids is 2. The zero-order chi connectivity index (χ0) is 16.8. The summed E-state index contributed by atoms with van der Waals surface area (Å²) >= 11 is 0. The zero-order valence-corrected chi connectivity index (χ0v) is 12.2. The quantitative estimate of drug-likeness (QED) is 0.625. The van der Waals surface area contributed by atoms with Crippen LogP contribution in [0.25, 0.3) is 0 Å². The van der Waals surface area contributed by atoms with Crippen LogP contribution in [0, 0.1) is 17.6 Å². The third-order valence-corrected chi connectivity index (χ3v) is 4.10. The Morgan fingerprint density at radius 1 is 1.30 bits per heavy atom. The molecule has 0 saturated carbocycles. The van der Waals surface area contributed by atoms with Gasteiger partial charge in [-0.05, 0) is 12.5 Å². The first-order chi connectivity index (χ1) is 10.9. The number of esters is 2. The number of halogens is 3. The summed E-state index contributed by atoms with van der Waals surface area (Å²) < 4.78 is 51.8. The molecule has 124 valence electrons. The molecule has 0 bridgehead atoms. The van der Waals surface area contributed by atoms with Gasteiger partial charge in [-0.25, -0.2) is 27.7 Å². The molecule has 0 radical (unpaired) electrons. The Hall–Kier alpha value is -2.09. The maximum atomic E-state index is 14.8. The van der Waals surface area contributed by atoms with Gasteiger partial charge < -0.3 is 9.47 Å². The van der Waals surface area contributed by atoms with Crippen LogP contribution in [0.1, 0.15) is 25.1 Å². The van der Waals surface area contributed by atoms with Gasteiger partial charge >= 0.3 is 17.8 Å². The van der Waals surface area contributed by atoms with E-state index in [-0.39, 0.29) is 6.54 Å². The molecule has 2 aliphatic heterocycles. The fraction of sp³-hybridized carbons (Fsp3) is 0.467. The van der Waals surface area contributed by atoms with Crippen LogP contribution in [0.3, 0.4) is 0 Å². The number of hydrogen-bond acceptors (Lipinski definition) is 5. The van der Waals surface area contributed by atoms with Crippen molar-refractivity contribution in [2.45, 2.75) is 25.4 Å². The molecule has 1 aromatic rings. The molecule has 0 aromatic heterocycles. The van der Waals surface area contributed by atoms with Crippen LogP contribution in [0.2, 0.25) is 0 Å². The van der Waals surface area contributed by atoms with Crippen LogP contribution in [0.5, 0.6) is 0 Å². The van der Waals surface area contributed by atoms with Crippen molar-refractivity contribution in [1.82, 2.24) is 4.90 Å². The van der Waals surface area contributed by atoms with Gasteiger partial charge in [0.05, 0.1) is 0 Å². The van der Waals surface area contributed by atoms with Crippen molar-refractivity contribution in [1.29, 1.82) is 0 Å². The number of hydrogen-bond donors (Lipinski definition) is 0. The highest BCUT2D eigenvalue weighted by atomic mass is 19.2. The van der Waals surface area contributed by atoms with E-state index in [1.165, 1.54) is 11.0 Å². The van der Waals surface area contributed by atoms with E-state index in [1.807, 2.05) is 6.92 Å². The Bertz CT molecular complexity index is 650. The molecule has 1 aromatic carbocycles. The van der Waals surface area contributed by atoms with Crippen LogP contribution >= 0.6 is 0 Å². The van der Waals surface area contributed by atoms with Gasteiger partial charge in [0.2, 0.25) is 0 Å². The summed E-state index contributed by atoms with van der Waals surface area (Å²) in [5, 5.41) is 0. The number of ether oxygens (including phenoxy) is 2. The first-order valence-corrected chi connectivity index (χ1v) is 7.20. The Kier molecular flexibility index (Phi) is 3.79. The van der Waals surface area contributed by atoms with Gasteiger partial charge in [-0.15, -0.1) is 0 Å². The molecule has 0 aliphatic carbocycles. The minimum absolute atomic E-state index is 0.0888. The molecule has 2 saturated heterocycles. The number of carbonyl (C=O) groups is 2. The third-order valence-electron chi connectivity index (χ3n) is 4.10. The third kappa shape index (κ3) is 2.28. The summed E-state index contributed by atoms with van der Waals surface area (Å²) in [5.74, 6) is -7.92. The predicted molar refractivity (Wildman–Crippen MR) is 70.5 cm³/mol. The van der Waals surface area contributed by atoms with E-state index in [0.717, 1.165) is 12.1 Å². The number of benzene rings is 1. The van der Waals surface area contributed by atoms with Crippen LogP contribution in [-0.2, 0) is 19.1 Å². The van der Waals surface area contributed by atoms with Crippen molar-refractivity contribution in [2.75, 3.05) is 13.1 Å². The summed E-state index contributed by atoms with van der Waals surface area (Å²) in [6, 6.07) is 3.17. The first-order valence-electron chi connectivity index (χ1n) is 7.20. The van der Waals surface area contributed by atoms with Gasteiger partial charge in [-0.1, -0.05) is 19.1 Å². The molecular formula is C15H14F3NO4. The molecular weight excluding hydrogens is 315 g/mol. The summed E-state index contributed by atoms with van der Waals surface area (Å²) in [6.45, 7) is 2.33. The average molecular weight is 329 g/mol. The lowest BCUT2D eigenvalue weighted by Gasteiger charge is -2.52. The molecule has 0 amide bonds. The van der Waals surface area contributed by atoms with Crippen LogP contribution in [0.15, 0.2) is 18.2 Å². The van der Waals surface area contributed by atoms with E-state index in [0.29, 0.717) is 13.0 Å². The van der Waals surface area contributed by atoms with E-state index >= 15 is 0 Å². The summed E-state index contributed by atoms with van der Waals surface area (Å²) in [4.78, 5) is 24.2.